The van der Waals surface area contributed by atoms with Crippen molar-refractivity contribution in [3.63, 3.8) is 0 Å². The number of ether oxygens (including phenoxy) is 1. The van der Waals surface area contributed by atoms with Crippen molar-refractivity contribution in [3.05, 3.63) is 27.2 Å². The molecule has 0 radical (unpaired) electrons. The molecule has 0 aromatic heterocycles. The highest BCUT2D eigenvalue weighted by atomic mass is 35.5. The van der Waals surface area contributed by atoms with Crippen molar-refractivity contribution in [3.8, 4) is 5.75 Å². The Labute approximate surface area is 139 Å². The molecule has 4 nitrogen and oxygen atoms in total. The summed E-state index contributed by atoms with van der Waals surface area (Å²) in [5, 5.41) is 9.07. The van der Waals surface area contributed by atoms with Crippen LogP contribution in [0.2, 0.25) is 10.0 Å². The van der Waals surface area contributed by atoms with Gasteiger partial charge in [0.25, 0.3) is 0 Å². The Morgan fingerprint density at radius 3 is 2.77 bits per heavy atom. The van der Waals surface area contributed by atoms with E-state index in [0.717, 1.165) is 18.4 Å². The average molecular weight is 345 g/mol. The zero-order chi connectivity index (χ0) is 16.3. The second-order valence-electron chi connectivity index (χ2n) is 5.44. The maximum absolute atomic E-state index is 12.4. The Kier molecular flexibility index (Phi) is 5.70. The minimum absolute atomic E-state index is 0.0316. The van der Waals surface area contributed by atoms with Crippen molar-refractivity contribution in [2.24, 2.45) is 5.92 Å². The van der Waals surface area contributed by atoms with Gasteiger partial charge in [-0.05, 0) is 30.9 Å². The number of ketones is 1. The van der Waals surface area contributed by atoms with E-state index in [1.54, 1.807) is 6.07 Å². The van der Waals surface area contributed by atoms with Crippen molar-refractivity contribution in [2.45, 2.75) is 39.0 Å². The van der Waals surface area contributed by atoms with Crippen LogP contribution in [0.3, 0.4) is 0 Å². The molecule has 0 saturated carbocycles. The molecule has 0 fully saturated rings. The monoisotopic (exact) mass is 344 g/mol. The van der Waals surface area contributed by atoms with E-state index in [-0.39, 0.29) is 34.8 Å². The number of Topliss-reactive ketones (excluding diaryl/α,β-unsaturated/α-hetero) is 1. The van der Waals surface area contributed by atoms with Gasteiger partial charge in [-0.1, -0.05) is 36.5 Å². The van der Waals surface area contributed by atoms with Gasteiger partial charge in [-0.15, -0.1) is 0 Å². The topological polar surface area (TPSA) is 63.6 Å². The van der Waals surface area contributed by atoms with Crippen molar-refractivity contribution in [1.82, 2.24) is 0 Å². The first kappa shape index (κ1) is 17.1. The largest absolute Gasteiger partial charge is 0.492 e. The summed E-state index contributed by atoms with van der Waals surface area (Å²) in [6.45, 7) is 2.29. The Balaban J connectivity index is 2.16. The smallest absolute Gasteiger partial charge is 0.303 e. The molecule has 1 N–H and O–H groups in total. The summed E-state index contributed by atoms with van der Waals surface area (Å²) in [6, 6.07) is 1.76. The lowest BCUT2D eigenvalue weighted by molar-refractivity contribution is -0.137. The molecule has 2 rings (SSSR count). The molecule has 0 saturated heterocycles. The van der Waals surface area contributed by atoms with Crippen LogP contribution in [0.25, 0.3) is 0 Å². The molecule has 120 valence electrons. The lowest BCUT2D eigenvalue weighted by Gasteiger charge is -2.11. The quantitative estimate of drug-likeness (QED) is 0.745. The van der Waals surface area contributed by atoms with Crippen molar-refractivity contribution in [2.75, 3.05) is 6.61 Å². The summed E-state index contributed by atoms with van der Waals surface area (Å²) >= 11 is 12.4. The Hall–Kier alpha value is -1.26. The number of hydrogen-bond donors (Lipinski definition) is 1. The highest BCUT2D eigenvalue weighted by Crippen LogP contribution is 2.43. The zero-order valence-corrected chi connectivity index (χ0v) is 13.8. The normalized spacial score (nSPS) is 16.7. The first-order valence-electron chi connectivity index (χ1n) is 7.35. The molecular weight excluding hydrogens is 327 g/mol. The molecule has 1 aromatic rings. The maximum atomic E-state index is 12.4. The highest BCUT2D eigenvalue weighted by Gasteiger charge is 2.34. The van der Waals surface area contributed by atoms with Gasteiger partial charge in [-0.2, -0.15) is 0 Å². The van der Waals surface area contributed by atoms with E-state index in [2.05, 4.69) is 0 Å². The lowest BCUT2D eigenvalue weighted by Crippen LogP contribution is -2.08. The van der Waals surface area contributed by atoms with E-state index in [9.17, 15) is 9.59 Å². The van der Waals surface area contributed by atoms with Gasteiger partial charge >= 0.3 is 5.97 Å². The summed E-state index contributed by atoms with van der Waals surface area (Å²) < 4.78 is 5.53. The first-order valence-corrected chi connectivity index (χ1v) is 8.11. The van der Waals surface area contributed by atoms with Gasteiger partial charge in [0.05, 0.1) is 11.6 Å². The molecule has 1 aliphatic carbocycles. The Morgan fingerprint density at radius 1 is 1.41 bits per heavy atom. The van der Waals surface area contributed by atoms with Gasteiger partial charge in [-0.3, -0.25) is 9.59 Å². The average Bonchev–Trinajstić information content (AvgIpc) is 2.77. The fourth-order valence-corrected chi connectivity index (χ4v) is 3.25. The number of rotatable bonds is 7. The number of benzene rings is 1. The third-order valence-electron chi connectivity index (χ3n) is 3.77. The predicted molar refractivity (Wildman–Crippen MR) is 85.3 cm³/mol. The summed E-state index contributed by atoms with van der Waals surface area (Å²) in [4.78, 5) is 22.8. The van der Waals surface area contributed by atoms with Crippen LogP contribution in [0.5, 0.6) is 5.75 Å². The molecular formula is C16H18Cl2O4. The molecule has 1 atom stereocenters. The highest BCUT2D eigenvalue weighted by molar-refractivity contribution is 6.45. The lowest BCUT2D eigenvalue weighted by atomic mass is 10.00. The van der Waals surface area contributed by atoms with Gasteiger partial charge in [-0.25, -0.2) is 0 Å². The molecule has 0 amide bonds. The minimum atomic E-state index is -0.866. The Morgan fingerprint density at radius 2 is 2.14 bits per heavy atom. The number of carboxylic acids is 1. The van der Waals surface area contributed by atoms with Gasteiger partial charge in [0.1, 0.15) is 10.8 Å². The van der Waals surface area contributed by atoms with Crippen molar-refractivity contribution in [1.29, 1.82) is 0 Å². The van der Waals surface area contributed by atoms with Gasteiger partial charge in [0.2, 0.25) is 0 Å². The van der Waals surface area contributed by atoms with E-state index in [0.29, 0.717) is 24.2 Å². The SMILES string of the molecule is CCCC1Cc2cc(OCCCC(=O)O)c(Cl)c(Cl)c2C1=O. The minimum Gasteiger partial charge on any atom is -0.492 e. The van der Waals surface area contributed by atoms with Crippen LogP contribution in [0.1, 0.15) is 48.5 Å². The third-order valence-corrected chi connectivity index (χ3v) is 4.62. The number of aliphatic carboxylic acids is 1. The molecule has 0 aliphatic heterocycles. The molecule has 1 unspecified atom stereocenters. The number of carboxylic acid groups (broad SMARTS) is 1. The van der Waals surface area contributed by atoms with Gasteiger partial charge in [0.15, 0.2) is 5.78 Å². The zero-order valence-electron chi connectivity index (χ0n) is 12.3. The van der Waals surface area contributed by atoms with Crippen LogP contribution in [-0.2, 0) is 11.2 Å². The molecule has 1 aromatic carbocycles. The van der Waals surface area contributed by atoms with Gasteiger partial charge < -0.3 is 9.84 Å². The molecule has 0 spiro atoms. The number of carbonyl (C=O) groups is 2. The van der Waals surface area contributed by atoms with E-state index < -0.39 is 5.97 Å². The summed E-state index contributed by atoms with van der Waals surface area (Å²) in [5.74, 6) is -0.424. The van der Waals surface area contributed by atoms with Crippen molar-refractivity contribution < 1.29 is 19.4 Å². The summed E-state index contributed by atoms with van der Waals surface area (Å²) in [7, 11) is 0. The number of fused-ring (bicyclic) bond motifs is 1. The Bertz CT molecular complexity index is 598. The van der Waals surface area contributed by atoms with Gasteiger partial charge in [0, 0.05) is 17.9 Å². The third kappa shape index (κ3) is 3.55. The summed E-state index contributed by atoms with van der Waals surface area (Å²) in [5.41, 5.74) is 1.38. The summed E-state index contributed by atoms with van der Waals surface area (Å²) in [6.07, 6.45) is 2.85. The second-order valence-corrected chi connectivity index (χ2v) is 6.19. The molecule has 22 heavy (non-hydrogen) atoms. The fourth-order valence-electron chi connectivity index (χ4n) is 2.73. The molecule has 6 heteroatoms. The van der Waals surface area contributed by atoms with Crippen LogP contribution in [-0.4, -0.2) is 23.5 Å². The van der Waals surface area contributed by atoms with Crippen LogP contribution in [0, 0.1) is 5.92 Å². The molecule has 0 heterocycles. The maximum Gasteiger partial charge on any atom is 0.303 e. The van der Waals surface area contributed by atoms with E-state index >= 15 is 0 Å². The second kappa shape index (κ2) is 7.34. The standard InChI is InChI=1S/C16H18Cl2O4/c1-2-4-9-7-10-8-11(22-6-3-5-12(19)20)14(17)15(18)13(10)16(9)21/h8-9H,2-7H2,1H3,(H,19,20). The molecule has 1 aliphatic rings. The predicted octanol–water partition coefficient (Wildman–Crippen LogP) is 4.39. The van der Waals surface area contributed by atoms with Crippen molar-refractivity contribution >= 4 is 35.0 Å². The van der Waals surface area contributed by atoms with Crippen LogP contribution < -0.4 is 4.74 Å². The first-order chi connectivity index (χ1) is 10.5. The van der Waals surface area contributed by atoms with E-state index in [1.165, 1.54) is 0 Å². The van der Waals surface area contributed by atoms with E-state index in [1.807, 2.05) is 6.92 Å². The number of carbonyl (C=O) groups excluding carboxylic acids is 1. The molecule has 0 bridgehead atoms. The van der Waals surface area contributed by atoms with Crippen LogP contribution >= 0.6 is 23.2 Å². The van der Waals surface area contributed by atoms with Crippen LogP contribution in [0.15, 0.2) is 6.07 Å². The fraction of sp³-hybridized carbons (Fsp3) is 0.500. The van der Waals surface area contributed by atoms with E-state index in [4.69, 9.17) is 33.0 Å². The number of hydrogen-bond acceptors (Lipinski definition) is 3. The number of halogens is 2. The van der Waals surface area contributed by atoms with Crippen LogP contribution in [0.4, 0.5) is 0 Å².